The lowest BCUT2D eigenvalue weighted by Crippen LogP contribution is -2.57. The summed E-state index contributed by atoms with van der Waals surface area (Å²) < 4.78 is 12.5. The number of carbonyl (C=O) groups is 1. The molecule has 0 saturated carbocycles. The lowest BCUT2D eigenvalue weighted by atomic mass is 9.64. The van der Waals surface area contributed by atoms with E-state index >= 15 is 0 Å². The normalized spacial score (nSPS) is 22.5. The second-order valence-electron chi connectivity index (χ2n) is 9.86. The quantitative estimate of drug-likeness (QED) is 0.443. The largest absolute Gasteiger partial charge is 0.507 e. The van der Waals surface area contributed by atoms with Gasteiger partial charge in [-0.3, -0.25) is 0 Å². The molecule has 1 aliphatic carbocycles. The minimum Gasteiger partial charge on any atom is -0.507 e. The Labute approximate surface area is 181 Å². The lowest BCUT2D eigenvalue weighted by Gasteiger charge is -2.50. The van der Waals surface area contributed by atoms with Crippen LogP contribution in [0.3, 0.4) is 0 Å². The molecule has 1 aliphatic rings. The van der Waals surface area contributed by atoms with E-state index in [0.29, 0.717) is 12.2 Å². The zero-order chi connectivity index (χ0) is 22.7. The van der Waals surface area contributed by atoms with Crippen LogP contribution in [0.15, 0.2) is 60.4 Å². The summed E-state index contributed by atoms with van der Waals surface area (Å²) in [6.07, 6.45) is 3.20. The number of aliphatic hydroxyl groups is 1. The number of rotatable bonds is 6. The average molecular weight is 413 g/mol. The van der Waals surface area contributed by atoms with Crippen LogP contribution in [0.25, 0.3) is 5.57 Å². The van der Waals surface area contributed by atoms with Gasteiger partial charge < -0.3 is 14.6 Å². The third kappa shape index (κ3) is 4.54. The molecule has 0 amide bonds. The molecule has 0 saturated heterocycles. The second-order valence-corrected chi connectivity index (χ2v) is 9.86. The maximum Gasteiger partial charge on any atom is 0.331 e. The molecule has 2 unspecified atom stereocenters. The number of ether oxygens (including phenoxy) is 2. The van der Waals surface area contributed by atoms with E-state index in [9.17, 15) is 9.90 Å². The van der Waals surface area contributed by atoms with Crippen molar-refractivity contribution in [2.75, 3.05) is 6.61 Å². The van der Waals surface area contributed by atoms with Crippen molar-refractivity contribution in [1.29, 1.82) is 0 Å². The summed E-state index contributed by atoms with van der Waals surface area (Å²) in [5.41, 5.74) is 0.174. The van der Waals surface area contributed by atoms with Gasteiger partial charge in [-0.1, -0.05) is 85.4 Å². The van der Waals surface area contributed by atoms with E-state index in [1.807, 2.05) is 84.9 Å². The molecule has 4 heteroatoms. The molecule has 0 spiro atoms. The zero-order valence-corrected chi connectivity index (χ0v) is 19.4. The number of benzene rings is 1. The highest BCUT2D eigenvalue weighted by molar-refractivity contribution is 5.84. The van der Waals surface area contributed by atoms with Gasteiger partial charge in [-0.15, -0.1) is 0 Å². The van der Waals surface area contributed by atoms with Crippen molar-refractivity contribution in [3.63, 3.8) is 0 Å². The fourth-order valence-electron chi connectivity index (χ4n) is 3.82. The molecular formula is C26H36O4. The molecule has 30 heavy (non-hydrogen) atoms. The van der Waals surface area contributed by atoms with Crippen LogP contribution < -0.4 is 0 Å². The molecule has 4 nitrogen and oxygen atoms in total. The number of aliphatic hydroxyl groups excluding tert-OH is 1. The van der Waals surface area contributed by atoms with Gasteiger partial charge in [0.1, 0.15) is 11.9 Å². The Morgan fingerprint density at radius 2 is 1.77 bits per heavy atom. The Morgan fingerprint density at radius 1 is 1.17 bits per heavy atom. The van der Waals surface area contributed by atoms with Crippen LogP contribution >= 0.6 is 0 Å². The number of carbonyl (C=O) groups excluding carboxylic acids is 1. The van der Waals surface area contributed by atoms with Crippen molar-refractivity contribution in [3.8, 4) is 0 Å². The molecule has 1 aromatic rings. The van der Waals surface area contributed by atoms with E-state index in [-0.39, 0.29) is 11.2 Å². The van der Waals surface area contributed by atoms with E-state index in [0.717, 1.165) is 17.6 Å². The third-order valence-electron chi connectivity index (χ3n) is 5.51. The number of hydrogen-bond donors (Lipinski definition) is 1. The molecule has 164 valence electrons. The van der Waals surface area contributed by atoms with Gasteiger partial charge in [0.05, 0.1) is 0 Å². The van der Waals surface area contributed by atoms with Gasteiger partial charge in [0, 0.05) is 23.7 Å². The summed E-state index contributed by atoms with van der Waals surface area (Å²) in [6.45, 7) is 18.3. The van der Waals surface area contributed by atoms with E-state index in [1.54, 1.807) is 0 Å². The van der Waals surface area contributed by atoms with Gasteiger partial charge in [-0.2, -0.15) is 0 Å². The van der Waals surface area contributed by atoms with Crippen LogP contribution in [0, 0.1) is 10.8 Å². The average Bonchev–Trinajstić information content (AvgIpc) is 2.66. The van der Waals surface area contributed by atoms with Crippen molar-refractivity contribution in [2.45, 2.75) is 66.6 Å². The molecule has 2 rings (SSSR count). The van der Waals surface area contributed by atoms with Crippen LogP contribution in [-0.4, -0.2) is 29.4 Å². The van der Waals surface area contributed by atoms with Crippen molar-refractivity contribution in [1.82, 2.24) is 0 Å². The molecule has 1 aromatic carbocycles. The molecule has 0 radical (unpaired) electrons. The number of hydrogen-bond acceptors (Lipinski definition) is 4. The first-order valence-electron chi connectivity index (χ1n) is 10.6. The molecular weight excluding hydrogens is 376 g/mol. The highest BCUT2D eigenvalue weighted by atomic mass is 16.6. The Balaban J connectivity index is 2.91. The van der Waals surface area contributed by atoms with Crippen LogP contribution in [0.5, 0.6) is 0 Å². The predicted octanol–water partition coefficient (Wildman–Crippen LogP) is 6.25. The van der Waals surface area contributed by atoms with Crippen LogP contribution in [0.1, 0.15) is 60.5 Å². The van der Waals surface area contributed by atoms with Crippen LogP contribution in [0.4, 0.5) is 0 Å². The Hall–Kier alpha value is -2.33. The highest BCUT2D eigenvalue weighted by Crippen LogP contribution is 2.52. The zero-order valence-electron chi connectivity index (χ0n) is 19.4. The monoisotopic (exact) mass is 412 g/mol. The first-order chi connectivity index (χ1) is 13.9. The Bertz CT molecular complexity index is 834. The summed E-state index contributed by atoms with van der Waals surface area (Å²) in [5, 5.41) is 11.4. The van der Waals surface area contributed by atoms with Gasteiger partial charge >= 0.3 is 5.97 Å². The van der Waals surface area contributed by atoms with E-state index in [2.05, 4.69) is 6.58 Å². The summed E-state index contributed by atoms with van der Waals surface area (Å²) >= 11 is 0. The minimum atomic E-state index is -1.13. The molecule has 0 heterocycles. The lowest BCUT2D eigenvalue weighted by molar-refractivity contribution is -0.177. The molecule has 0 fully saturated rings. The fourth-order valence-corrected chi connectivity index (χ4v) is 3.82. The van der Waals surface area contributed by atoms with Crippen molar-refractivity contribution in [3.05, 3.63) is 66.0 Å². The van der Waals surface area contributed by atoms with Crippen molar-refractivity contribution in [2.24, 2.45) is 10.8 Å². The van der Waals surface area contributed by atoms with Gasteiger partial charge in [0.15, 0.2) is 5.60 Å². The molecule has 0 bridgehead atoms. The molecule has 0 aliphatic heterocycles. The SMILES string of the molecule is C=CC(=O)OC1(C(C)(C)C)C=C(C(C)(C)C)C(O)=C(c2ccccc2)C1OCCC. The van der Waals surface area contributed by atoms with E-state index < -0.39 is 23.1 Å². The van der Waals surface area contributed by atoms with Gasteiger partial charge in [0.2, 0.25) is 0 Å². The van der Waals surface area contributed by atoms with Gasteiger partial charge in [-0.25, -0.2) is 4.79 Å². The smallest absolute Gasteiger partial charge is 0.331 e. The summed E-state index contributed by atoms with van der Waals surface area (Å²) in [6, 6.07) is 9.68. The maximum atomic E-state index is 12.5. The van der Waals surface area contributed by atoms with E-state index in [4.69, 9.17) is 9.47 Å². The summed E-state index contributed by atoms with van der Waals surface area (Å²) in [7, 11) is 0. The molecule has 2 atom stereocenters. The fraction of sp³-hybridized carbons (Fsp3) is 0.500. The van der Waals surface area contributed by atoms with Crippen LogP contribution in [0.2, 0.25) is 0 Å². The summed E-state index contributed by atoms with van der Waals surface area (Å²) in [5.74, 6) is -0.335. The predicted molar refractivity (Wildman–Crippen MR) is 122 cm³/mol. The van der Waals surface area contributed by atoms with E-state index in [1.165, 1.54) is 6.08 Å². The maximum absolute atomic E-state index is 12.5. The first-order valence-corrected chi connectivity index (χ1v) is 10.6. The Morgan fingerprint density at radius 3 is 2.23 bits per heavy atom. The number of esters is 1. The molecule has 1 N–H and O–H groups in total. The Kier molecular flexibility index (Phi) is 7.03. The summed E-state index contributed by atoms with van der Waals surface area (Å²) in [4.78, 5) is 12.5. The van der Waals surface area contributed by atoms with Gasteiger partial charge in [0.25, 0.3) is 0 Å². The highest BCUT2D eigenvalue weighted by Gasteiger charge is 2.56. The van der Waals surface area contributed by atoms with Crippen molar-refractivity contribution >= 4 is 11.5 Å². The van der Waals surface area contributed by atoms with Crippen molar-refractivity contribution < 1.29 is 19.4 Å². The van der Waals surface area contributed by atoms with Gasteiger partial charge in [-0.05, 0) is 29.0 Å². The van der Waals surface area contributed by atoms with Crippen LogP contribution in [-0.2, 0) is 14.3 Å². The second kappa shape index (κ2) is 8.81. The minimum absolute atomic E-state index is 0.185. The molecule has 0 aromatic heterocycles. The first kappa shape index (κ1) is 23.9. The third-order valence-corrected chi connectivity index (χ3v) is 5.51. The topological polar surface area (TPSA) is 55.8 Å². The number of allylic oxidation sites excluding steroid dienone is 1. The standard InChI is InChI=1S/C26H36O4/c1-9-16-29-23-21(18-14-12-11-13-15-18)22(28)19(24(3,4)5)17-26(23,25(6,7)8)30-20(27)10-2/h10-15,17,23,28H,2,9,16H2,1,3-8H3.